The number of carbonyl (C=O) groups excluding carboxylic acids is 1. The van der Waals surface area contributed by atoms with Crippen LogP contribution in [0.25, 0.3) is 0 Å². The second-order valence-electron chi connectivity index (χ2n) is 4.96. The zero-order valence-electron chi connectivity index (χ0n) is 10.9. The number of aryl methyl sites for hydroxylation is 2. The third kappa shape index (κ3) is 3.10. The molecule has 2 rings (SSSR count). The van der Waals surface area contributed by atoms with E-state index in [9.17, 15) is 9.90 Å². The lowest BCUT2D eigenvalue weighted by molar-refractivity contribution is -0.120. The number of hydrogen-bond acceptors (Lipinski definition) is 2. The van der Waals surface area contributed by atoms with Gasteiger partial charge in [0.05, 0.1) is 6.10 Å². The molecule has 18 heavy (non-hydrogen) atoms. The molecule has 0 spiro atoms. The molecule has 0 aliphatic heterocycles. The summed E-state index contributed by atoms with van der Waals surface area (Å²) >= 11 is 0. The number of fused-ring (bicyclic) bond motifs is 1. The first-order valence-electron chi connectivity index (χ1n) is 6.71. The van der Waals surface area contributed by atoms with Crippen LogP contribution in [-0.2, 0) is 17.6 Å². The van der Waals surface area contributed by atoms with Crippen LogP contribution in [0.3, 0.4) is 0 Å². The Morgan fingerprint density at radius 2 is 2.17 bits per heavy atom. The summed E-state index contributed by atoms with van der Waals surface area (Å²) in [5, 5.41) is 12.7. The lowest BCUT2D eigenvalue weighted by Crippen LogP contribution is -2.17. The summed E-state index contributed by atoms with van der Waals surface area (Å²) in [6, 6.07) is 6.29. The Balaban J connectivity index is 1.89. The van der Waals surface area contributed by atoms with Crippen molar-refractivity contribution in [2.75, 3.05) is 7.05 Å². The lowest BCUT2D eigenvalue weighted by atomic mass is 9.99. The van der Waals surface area contributed by atoms with Gasteiger partial charge in [-0.2, -0.15) is 0 Å². The van der Waals surface area contributed by atoms with Gasteiger partial charge in [-0.3, -0.25) is 4.79 Å². The summed E-state index contributed by atoms with van der Waals surface area (Å²) in [5.74, 6) is 0.0381. The lowest BCUT2D eigenvalue weighted by Gasteiger charge is -2.12. The summed E-state index contributed by atoms with van der Waals surface area (Å²) in [6.07, 6.45) is 4.94. The molecule has 0 radical (unpaired) electrons. The highest BCUT2D eigenvalue weighted by molar-refractivity contribution is 5.75. The molecule has 1 atom stereocenters. The quantitative estimate of drug-likeness (QED) is 0.837. The molecule has 0 saturated heterocycles. The van der Waals surface area contributed by atoms with E-state index in [1.807, 2.05) is 6.07 Å². The molecule has 0 saturated carbocycles. The van der Waals surface area contributed by atoms with Gasteiger partial charge in [0.15, 0.2) is 0 Å². The van der Waals surface area contributed by atoms with E-state index in [1.54, 1.807) is 7.05 Å². The third-order valence-corrected chi connectivity index (χ3v) is 3.67. The van der Waals surface area contributed by atoms with Crippen LogP contribution in [0, 0.1) is 0 Å². The van der Waals surface area contributed by atoms with E-state index < -0.39 is 6.10 Å². The molecule has 1 aliphatic carbocycles. The number of carbonyl (C=O) groups is 1. The molecule has 0 bridgehead atoms. The van der Waals surface area contributed by atoms with Crippen LogP contribution in [0.2, 0.25) is 0 Å². The van der Waals surface area contributed by atoms with E-state index in [-0.39, 0.29) is 5.91 Å². The fourth-order valence-corrected chi connectivity index (χ4v) is 2.55. The topological polar surface area (TPSA) is 49.3 Å². The molecule has 3 nitrogen and oxygen atoms in total. The van der Waals surface area contributed by atoms with Crippen molar-refractivity contribution in [3.8, 4) is 0 Å². The molecule has 98 valence electrons. The standard InChI is InChI=1S/C15H21NO2/c1-16-15(18)7-3-6-14(17)13-9-8-11-4-2-5-12(11)10-13/h8-10,14,17H,2-7H2,1H3,(H,16,18). The summed E-state index contributed by atoms with van der Waals surface area (Å²) in [7, 11) is 1.64. The van der Waals surface area contributed by atoms with Crippen molar-refractivity contribution in [2.45, 2.75) is 44.6 Å². The molecule has 0 fully saturated rings. The summed E-state index contributed by atoms with van der Waals surface area (Å²) in [4.78, 5) is 11.1. The number of amides is 1. The summed E-state index contributed by atoms with van der Waals surface area (Å²) in [6.45, 7) is 0. The fraction of sp³-hybridized carbons (Fsp3) is 0.533. The maximum absolute atomic E-state index is 11.1. The van der Waals surface area contributed by atoms with Crippen molar-refractivity contribution in [3.05, 3.63) is 34.9 Å². The minimum Gasteiger partial charge on any atom is -0.388 e. The number of nitrogens with one attached hydrogen (secondary N) is 1. The Hall–Kier alpha value is -1.35. The number of rotatable bonds is 5. The van der Waals surface area contributed by atoms with Gasteiger partial charge in [0, 0.05) is 13.5 Å². The molecule has 0 heterocycles. The van der Waals surface area contributed by atoms with Crippen LogP contribution >= 0.6 is 0 Å². The number of benzene rings is 1. The largest absolute Gasteiger partial charge is 0.388 e. The SMILES string of the molecule is CNC(=O)CCCC(O)c1ccc2c(c1)CCC2. The molecular weight excluding hydrogens is 226 g/mol. The molecule has 1 amide bonds. The Bertz CT molecular complexity index is 429. The van der Waals surface area contributed by atoms with Gasteiger partial charge in [-0.05, 0) is 48.8 Å². The predicted octanol–water partition coefficient (Wildman–Crippen LogP) is 2.12. The molecule has 1 aromatic carbocycles. The minimum atomic E-state index is -0.444. The molecule has 1 unspecified atom stereocenters. The van der Waals surface area contributed by atoms with E-state index in [0.29, 0.717) is 12.8 Å². The highest BCUT2D eigenvalue weighted by Crippen LogP contribution is 2.27. The van der Waals surface area contributed by atoms with Gasteiger partial charge in [0.25, 0.3) is 0 Å². The smallest absolute Gasteiger partial charge is 0.219 e. The third-order valence-electron chi connectivity index (χ3n) is 3.67. The summed E-state index contributed by atoms with van der Waals surface area (Å²) in [5.41, 5.74) is 3.81. The number of aliphatic hydroxyl groups is 1. The van der Waals surface area contributed by atoms with Gasteiger partial charge < -0.3 is 10.4 Å². The molecule has 3 heteroatoms. The average Bonchev–Trinajstić information content (AvgIpc) is 2.85. The van der Waals surface area contributed by atoms with Crippen LogP contribution in [-0.4, -0.2) is 18.1 Å². The minimum absolute atomic E-state index is 0.0381. The Morgan fingerprint density at radius 1 is 1.39 bits per heavy atom. The van der Waals surface area contributed by atoms with Crippen LogP contribution in [0.15, 0.2) is 18.2 Å². The van der Waals surface area contributed by atoms with Crippen molar-refractivity contribution in [2.24, 2.45) is 0 Å². The Kier molecular flexibility index (Phi) is 4.37. The highest BCUT2D eigenvalue weighted by atomic mass is 16.3. The predicted molar refractivity (Wildman–Crippen MR) is 71.3 cm³/mol. The van der Waals surface area contributed by atoms with Crippen LogP contribution in [0.1, 0.15) is 48.5 Å². The molecule has 1 aromatic rings. The van der Waals surface area contributed by atoms with Gasteiger partial charge in [-0.15, -0.1) is 0 Å². The zero-order chi connectivity index (χ0) is 13.0. The van der Waals surface area contributed by atoms with Gasteiger partial charge in [-0.25, -0.2) is 0 Å². The monoisotopic (exact) mass is 247 g/mol. The van der Waals surface area contributed by atoms with E-state index in [4.69, 9.17) is 0 Å². The molecular formula is C15H21NO2. The van der Waals surface area contributed by atoms with E-state index in [2.05, 4.69) is 17.4 Å². The van der Waals surface area contributed by atoms with Gasteiger partial charge in [-0.1, -0.05) is 18.2 Å². The van der Waals surface area contributed by atoms with Crippen LogP contribution < -0.4 is 5.32 Å². The first-order chi connectivity index (χ1) is 8.70. The second kappa shape index (κ2) is 6.01. The van der Waals surface area contributed by atoms with Crippen molar-refractivity contribution in [3.63, 3.8) is 0 Å². The van der Waals surface area contributed by atoms with Crippen LogP contribution in [0.4, 0.5) is 0 Å². The Morgan fingerprint density at radius 3 is 2.94 bits per heavy atom. The molecule has 2 N–H and O–H groups in total. The highest BCUT2D eigenvalue weighted by Gasteiger charge is 2.14. The maximum Gasteiger partial charge on any atom is 0.219 e. The first kappa shape index (κ1) is 13.1. The van der Waals surface area contributed by atoms with Gasteiger partial charge in [0.1, 0.15) is 0 Å². The first-order valence-corrected chi connectivity index (χ1v) is 6.71. The Labute approximate surface area is 108 Å². The van der Waals surface area contributed by atoms with E-state index in [0.717, 1.165) is 18.4 Å². The zero-order valence-corrected chi connectivity index (χ0v) is 10.9. The number of hydrogen-bond donors (Lipinski definition) is 2. The normalized spacial score (nSPS) is 15.2. The van der Waals surface area contributed by atoms with Crippen LogP contribution in [0.5, 0.6) is 0 Å². The number of aliphatic hydroxyl groups excluding tert-OH is 1. The maximum atomic E-state index is 11.1. The van der Waals surface area contributed by atoms with Gasteiger partial charge >= 0.3 is 0 Å². The second-order valence-corrected chi connectivity index (χ2v) is 4.96. The molecule has 0 aromatic heterocycles. The van der Waals surface area contributed by atoms with Crippen molar-refractivity contribution < 1.29 is 9.90 Å². The fourth-order valence-electron chi connectivity index (χ4n) is 2.55. The van der Waals surface area contributed by atoms with E-state index >= 15 is 0 Å². The average molecular weight is 247 g/mol. The van der Waals surface area contributed by atoms with Crippen molar-refractivity contribution >= 4 is 5.91 Å². The van der Waals surface area contributed by atoms with Crippen molar-refractivity contribution in [1.82, 2.24) is 5.32 Å². The molecule has 1 aliphatic rings. The van der Waals surface area contributed by atoms with Gasteiger partial charge in [0.2, 0.25) is 5.91 Å². The van der Waals surface area contributed by atoms with E-state index in [1.165, 1.54) is 24.0 Å². The van der Waals surface area contributed by atoms with Crippen molar-refractivity contribution in [1.29, 1.82) is 0 Å². The summed E-state index contributed by atoms with van der Waals surface area (Å²) < 4.78 is 0.